The summed E-state index contributed by atoms with van der Waals surface area (Å²) < 4.78 is 9.75. The molecule has 0 aliphatic carbocycles. The molecule has 1 rings (SSSR count). The van der Waals surface area contributed by atoms with Gasteiger partial charge in [0.2, 0.25) is 0 Å². The van der Waals surface area contributed by atoms with Crippen molar-refractivity contribution in [1.82, 2.24) is 5.32 Å². The summed E-state index contributed by atoms with van der Waals surface area (Å²) in [5.41, 5.74) is 0.0174. The van der Waals surface area contributed by atoms with Crippen LogP contribution in [0.5, 0.6) is 0 Å². The van der Waals surface area contributed by atoms with Gasteiger partial charge in [0.05, 0.1) is 17.1 Å². The summed E-state index contributed by atoms with van der Waals surface area (Å²) in [4.78, 5) is 34.1. The maximum absolute atomic E-state index is 12.0. The van der Waals surface area contributed by atoms with Crippen LogP contribution in [0.15, 0.2) is 18.2 Å². The summed E-state index contributed by atoms with van der Waals surface area (Å²) in [6.45, 7) is 4.68. The SMILES string of the molecule is COCCNc1ccc(C(=O)OCC(=O)NCC(C)C)cc1[N+](=O)[O-]. The van der Waals surface area contributed by atoms with Crippen LogP contribution < -0.4 is 10.6 Å². The fraction of sp³-hybridized carbons (Fsp3) is 0.500. The zero-order chi connectivity index (χ0) is 18.8. The second kappa shape index (κ2) is 10.2. The molecule has 9 heteroatoms. The summed E-state index contributed by atoms with van der Waals surface area (Å²) >= 11 is 0. The highest BCUT2D eigenvalue weighted by molar-refractivity contribution is 5.93. The lowest BCUT2D eigenvalue weighted by Gasteiger charge is -2.09. The molecule has 0 aliphatic rings. The van der Waals surface area contributed by atoms with Crippen LogP contribution in [0, 0.1) is 16.0 Å². The Bertz CT molecular complexity index is 618. The predicted molar refractivity (Wildman–Crippen MR) is 91.6 cm³/mol. The number of methoxy groups -OCH3 is 1. The molecule has 1 amide bonds. The van der Waals surface area contributed by atoms with E-state index in [1.165, 1.54) is 19.2 Å². The molecule has 1 aromatic rings. The van der Waals surface area contributed by atoms with E-state index >= 15 is 0 Å². The van der Waals surface area contributed by atoms with Gasteiger partial charge in [0, 0.05) is 26.3 Å². The summed E-state index contributed by atoms with van der Waals surface area (Å²) in [6.07, 6.45) is 0. The average Bonchev–Trinajstić information content (AvgIpc) is 2.58. The number of amides is 1. The Balaban J connectivity index is 2.70. The number of esters is 1. The lowest BCUT2D eigenvalue weighted by atomic mass is 10.1. The zero-order valence-electron chi connectivity index (χ0n) is 14.5. The second-order valence-corrected chi connectivity index (χ2v) is 5.68. The summed E-state index contributed by atoms with van der Waals surface area (Å²) in [7, 11) is 1.52. The van der Waals surface area contributed by atoms with E-state index in [0.717, 1.165) is 6.07 Å². The molecule has 2 N–H and O–H groups in total. The molecule has 0 fully saturated rings. The number of carbonyl (C=O) groups is 2. The van der Waals surface area contributed by atoms with E-state index in [4.69, 9.17) is 9.47 Å². The molecule has 1 aromatic carbocycles. The van der Waals surface area contributed by atoms with Crippen LogP contribution in [0.1, 0.15) is 24.2 Å². The number of rotatable bonds is 10. The van der Waals surface area contributed by atoms with Crippen LogP contribution in [0.2, 0.25) is 0 Å². The first-order valence-electron chi connectivity index (χ1n) is 7.80. The standard InChI is InChI=1S/C16H23N3O6/c1-11(2)9-18-15(20)10-25-16(21)12-4-5-13(17-6-7-24-3)14(8-12)19(22)23/h4-5,8,11,17H,6-7,9-10H2,1-3H3,(H,18,20). The summed E-state index contributed by atoms with van der Waals surface area (Å²) in [5.74, 6) is -0.943. The van der Waals surface area contributed by atoms with Crippen molar-refractivity contribution in [1.29, 1.82) is 0 Å². The van der Waals surface area contributed by atoms with Crippen LogP contribution in [0.25, 0.3) is 0 Å². The lowest BCUT2D eigenvalue weighted by Crippen LogP contribution is -2.31. The van der Waals surface area contributed by atoms with Gasteiger partial charge in [-0.05, 0) is 18.1 Å². The van der Waals surface area contributed by atoms with E-state index in [9.17, 15) is 19.7 Å². The van der Waals surface area contributed by atoms with E-state index in [0.29, 0.717) is 19.7 Å². The van der Waals surface area contributed by atoms with Gasteiger partial charge in [0.25, 0.3) is 11.6 Å². The normalized spacial score (nSPS) is 10.4. The van der Waals surface area contributed by atoms with Crippen LogP contribution in [-0.4, -0.2) is 50.2 Å². The van der Waals surface area contributed by atoms with Crippen molar-refractivity contribution >= 4 is 23.3 Å². The third-order valence-corrected chi connectivity index (χ3v) is 3.09. The first-order chi connectivity index (χ1) is 11.8. The van der Waals surface area contributed by atoms with Gasteiger partial charge >= 0.3 is 5.97 Å². The number of nitro groups is 1. The Morgan fingerprint density at radius 3 is 2.64 bits per heavy atom. The topological polar surface area (TPSA) is 120 Å². The van der Waals surface area contributed by atoms with Gasteiger partial charge < -0.3 is 20.1 Å². The van der Waals surface area contributed by atoms with E-state index in [2.05, 4.69) is 10.6 Å². The number of hydrogen-bond acceptors (Lipinski definition) is 7. The van der Waals surface area contributed by atoms with Gasteiger partial charge in [0.1, 0.15) is 5.69 Å². The Morgan fingerprint density at radius 1 is 1.32 bits per heavy atom. The fourth-order valence-electron chi connectivity index (χ4n) is 1.83. The molecule has 138 valence electrons. The van der Waals surface area contributed by atoms with E-state index in [-0.39, 0.29) is 22.9 Å². The summed E-state index contributed by atoms with van der Waals surface area (Å²) in [6, 6.07) is 3.93. The molecular formula is C16H23N3O6. The third kappa shape index (κ3) is 7.17. The molecular weight excluding hydrogens is 330 g/mol. The molecule has 0 bridgehead atoms. The van der Waals surface area contributed by atoms with Crippen molar-refractivity contribution in [2.75, 3.05) is 38.7 Å². The minimum atomic E-state index is -0.800. The zero-order valence-corrected chi connectivity index (χ0v) is 14.5. The van der Waals surface area contributed by atoms with Crippen molar-refractivity contribution in [2.45, 2.75) is 13.8 Å². The molecule has 9 nitrogen and oxygen atoms in total. The van der Waals surface area contributed by atoms with Gasteiger partial charge in [-0.3, -0.25) is 14.9 Å². The lowest BCUT2D eigenvalue weighted by molar-refractivity contribution is -0.384. The van der Waals surface area contributed by atoms with Crippen LogP contribution >= 0.6 is 0 Å². The van der Waals surface area contributed by atoms with Crippen molar-refractivity contribution < 1.29 is 24.0 Å². The number of anilines is 1. The highest BCUT2D eigenvalue weighted by Gasteiger charge is 2.19. The van der Waals surface area contributed by atoms with Crippen LogP contribution in [0.3, 0.4) is 0 Å². The molecule has 0 aliphatic heterocycles. The highest BCUT2D eigenvalue weighted by atomic mass is 16.6. The quantitative estimate of drug-likeness (QED) is 0.283. The Morgan fingerprint density at radius 2 is 2.04 bits per heavy atom. The maximum Gasteiger partial charge on any atom is 0.338 e. The molecule has 0 saturated carbocycles. The van der Waals surface area contributed by atoms with Gasteiger partial charge in [-0.25, -0.2) is 4.79 Å². The smallest absolute Gasteiger partial charge is 0.338 e. The Kier molecular flexibility index (Phi) is 8.34. The molecule has 0 spiro atoms. The molecule has 0 heterocycles. The molecule has 0 radical (unpaired) electrons. The van der Waals surface area contributed by atoms with Gasteiger partial charge in [-0.1, -0.05) is 13.8 Å². The highest BCUT2D eigenvalue weighted by Crippen LogP contribution is 2.25. The number of benzene rings is 1. The van der Waals surface area contributed by atoms with Gasteiger partial charge in [-0.2, -0.15) is 0 Å². The first kappa shape index (κ1) is 20.4. The van der Waals surface area contributed by atoms with Crippen molar-refractivity contribution in [3.05, 3.63) is 33.9 Å². The Labute approximate surface area is 145 Å². The van der Waals surface area contributed by atoms with Crippen molar-refractivity contribution in [3.8, 4) is 0 Å². The van der Waals surface area contributed by atoms with E-state index in [1.807, 2.05) is 13.8 Å². The average molecular weight is 353 g/mol. The largest absolute Gasteiger partial charge is 0.452 e. The predicted octanol–water partition coefficient (Wildman–Crippen LogP) is 1.58. The Hall–Kier alpha value is -2.68. The number of carbonyl (C=O) groups excluding carboxylic acids is 2. The van der Waals surface area contributed by atoms with Crippen molar-refractivity contribution in [3.63, 3.8) is 0 Å². The fourth-order valence-corrected chi connectivity index (χ4v) is 1.83. The third-order valence-electron chi connectivity index (χ3n) is 3.09. The second-order valence-electron chi connectivity index (χ2n) is 5.68. The first-order valence-corrected chi connectivity index (χ1v) is 7.80. The monoisotopic (exact) mass is 353 g/mol. The summed E-state index contributed by atoms with van der Waals surface area (Å²) in [5, 5.41) is 16.6. The van der Waals surface area contributed by atoms with Crippen LogP contribution in [0.4, 0.5) is 11.4 Å². The van der Waals surface area contributed by atoms with Gasteiger partial charge in [-0.15, -0.1) is 0 Å². The molecule has 0 saturated heterocycles. The molecule has 0 atom stereocenters. The number of nitro benzene ring substituents is 1. The number of hydrogen-bond donors (Lipinski definition) is 2. The number of nitrogens with one attached hydrogen (secondary N) is 2. The van der Waals surface area contributed by atoms with E-state index in [1.54, 1.807) is 0 Å². The van der Waals surface area contributed by atoms with Crippen LogP contribution in [-0.2, 0) is 14.3 Å². The van der Waals surface area contributed by atoms with E-state index < -0.39 is 23.4 Å². The minimum absolute atomic E-state index is 0.000603. The molecule has 0 aromatic heterocycles. The maximum atomic E-state index is 12.0. The van der Waals surface area contributed by atoms with Gasteiger partial charge in [0.15, 0.2) is 6.61 Å². The minimum Gasteiger partial charge on any atom is -0.452 e. The van der Waals surface area contributed by atoms with Crippen molar-refractivity contribution in [2.24, 2.45) is 5.92 Å². The molecule has 25 heavy (non-hydrogen) atoms. The molecule has 0 unspecified atom stereocenters. The number of nitrogens with zero attached hydrogens (tertiary/aromatic N) is 1. The number of ether oxygens (including phenoxy) is 2.